The van der Waals surface area contributed by atoms with Crippen molar-refractivity contribution in [3.8, 4) is 11.9 Å². The van der Waals surface area contributed by atoms with Crippen LogP contribution in [0.5, 0.6) is 5.88 Å². The second-order valence-electron chi connectivity index (χ2n) is 4.80. The van der Waals surface area contributed by atoms with Crippen molar-refractivity contribution in [2.24, 2.45) is 0 Å². The van der Waals surface area contributed by atoms with E-state index in [4.69, 9.17) is 10.00 Å². The third-order valence-corrected chi connectivity index (χ3v) is 4.10. The molecule has 1 aliphatic rings. The smallest absolute Gasteiger partial charge is 0.246 e. The second kappa shape index (κ2) is 6.41. The standard InChI is InChI=1S/C16H13N3O2S/c17-9-12-3-1-7-18-16(12)21-13-10-19(11-13)15(20)6-5-14-4-2-8-22-14/h1-8,13H,10-11H2/b6-5+. The van der Waals surface area contributed by atoms with Crippen LogP contribution < -0.4 is 4.74 Å². The Morgan fingerprint density at radius 3 is 3.05 bits per heavy atom. The van der Waals surface area contributed by atoms with Crippen molar-refractivity contribution < 1.29 is 9.53 Å². The van der Waals surface area contributed by atoms with Gasteiger partial charge in [0, 0.05) is 17.2 Å². The van der Waals surface area contributed by atoms with Gasteiger partial charge in [0.2, 0.25) is 11.8 Å². The minimum atomic E-state index is -0.110. The fraction of sp³-hybridized carbons (Fsp3) is 0.188. The maximum atomic E-state index is 12.0. The highest BCUT2D eigenvalue weighted by atomic mass is 32.1. The minimum Gasteiger partial charge on any atom is -0.470 e. The fourth-order valence-electron chi connectivity index (χ4n) is 2.07. The van der Waals surface area contributed by atoms with E-state index < -0.39 is 0 Å². The van der Waals surface area contributed by atoms with Gasteiger partial charge in [-0.15, -0.1) is 11.3 Å². The molecule has 1 aliphatic heterocycles. The van der Waals surface area contributed by atoms with Crippen molar-refractivity contribution >= 4 is 23.3 Å². The van der Waals surface area contributed by atoms with Gasteiger partial charge in [-0.2, -0.15) is 5.26 Å². The number of pyridine rings is 1. The zero-order valence-electron chi connectivity index (χ0n) is 11.7. The molecule has 3 rings (SSSR count). The normalized spacial score (nSPS) is 14.6. The van der Waals surface area contributed by atoms with Crippen LogP contribution in [0.15, 0.2) is 41.9 Å². The van der Waals surface area contributed by atoms with E-state index >= 15 is 0 Å². The van der Waals surface area contributed by atoms with Crippen molar-refractivity contribution in [3.05, 3.63) is 52.4 Å². The summed E-state index contributed by atoms with van der Waals surface area (Å²) in [7, 11) is 0. The van der Waals surface area contributed by atoms with Gasteiger partial charge in [-0.25, -0.2) is 4.98 Å². The number of likely N-dealkylation sites (tertiary alicyclic amines) is 1. The molecule has 0 atom stereocenters. The van der Waals surface area contributed by atoms with Gasteiger partial charge in [0.25, 0.3) is 0 Å². The number of hydrogen-bond acceptors (Lipinski definition) is 5. The summed E-state index contributed by atoms with van der Waals surface area (Å²) >= 11 is 1.59. The SMILES string of the molecule is N#Cc1cccnc1OC1CN(C(=O)/C=C/c2cccs2)C1. The average Bonchev–Trinajstić information content (AvgIpc) is 3.02. The number of thiophene rings is 1. The summed E-state index contributed by atoms with van der Waals surface area (Å²) in [4.78, 5) is 18.8. The van der Waals surface area contributed by atoms with Gasteiger partial charge >= 0.3 is 0 Å². The minimum absolute atomic E-state index is 0.0326. The highest BCUT2D eigenvalue weighted by Crippen LogP contribution is 2.20. The van der Waals surface area contributed by atoms with Crippen LogP contribution in [-0.2, 0) is 4.79 Å². The molecule has 110 valence electrons. The molecule has 0 unspecified atom stereocenters. The van der Waals surface area contributed by atoms with Crippen molar-refractivity contribution in [1.82, 2.24) is 9.88 Å². The lowest BCUT2D eigenvalue weighted by Gasteiger charge is -2.38. The maximum Gasteiger partial charge on any atom is 0.246 e. The monoisotopic (exact) mass is 311 g/mol. The number of ether oxygens (including phenoxy) is 1. The first-order valence-electron chi connectivity index (χ1n) is 6.78. The first-order chi connectivity index (χ1) is 10.8. The largest absolute Gasteiger partial charge is 0.470 e. The lowest BCUT2D eigenvalue weighted by molar-refractivity contribution is -0.134. The molecule has 2 aromatic rings. The zero-order valence-corrected chi connectivity index (χ0v) is 12.5. The molecule has 0 saturated carbocycles. The van der Waals surface area contributed by atoms with Gasteiger partial charge in [-0.05, 0) is 29.7 Å². The molecule has 0 spiro atoms. The predicted octanol–water partition coefficient (Wildman–Crippen LogP) is 2.32. The lowest BCUT2D eigenvalue weighted by atomic mass is 10.1. The molecule has 0 radical (unpaired) electrons. The van der Waals surface area contributed by atoms with E-state index in [1.807, 2.05) is 29.7 Å². The van der Waals surface area contributed by atoms with Gasteiger partial charge in [0.05, 0.1) is 13.1 Å². The molecule has 1 amide bonds. The molecule has 2 aromatic heterocycles. The van der Waals surface area contributed by atoms with Gasteiger partial charge in [0.15, 0.2) is 0 Å². The summed E-state index contributed by atoms with van der Waals surface area (Å²) in [6.45, 7) is 1.02. The number of amides is 1. The van der Waals surface area contributed by atoms with E-state index in [1.165, 1.54) is 0 Å². The number of rotatable bonds is 4. The second-order valence-corrected chi connectivity index (χ2v) is 5.78. The zero-order chi connectivity index (χ0) is 15.4. The summed E-state index contributed by atoms with van der Waals surface area (Å²) in [5, 5.41) is 10.9. The van der Waals surface area contributed by atoms with Crippen LogP contribution in [0.4, 0.5) is 0 Å². The predicted molar refractivity (Wildman–Crippen MR) is 83.3 cm³/mol. The Kier molecular flexibility index (Phi) is 4.17. The number of carbonyl (C=O) groups excluding carboxylic acids is 1. The third kappa shape index (κ3) is 3.15. The molecule has 3 heterocycles. The Bertz CT molecular complexity index is 728. The molecule has 0 aromatic carbocycles. The molecule has 22 heavy (non-hydrogen) atoms. The average molecular weight is 311 g/mol. The van der Waals surface area contributed by atoms with E-state index in [1.54, 1.807) is 40.6 Å². The number of nitrogens with zero attached hydrogens (tertiary/aromatic N) is 3. The molecular formula is C16H13N3O2S. The number of hydrogen-bond donors (Lipinski definition) is 0. The van der Waals surface area contributed by atoms with Crippen LogP contribution >= 0.6 is 11.3 Å². The van der Waals surface area contributed by atoms with Crippen molar-refractivity contribution in [3.63, 3.8) is 0 Å². The number of aromatic nitrogens is 1. The first kappa shape index (κ1) is 14.3. The van der Waals surface area contributed by atoms with E-state index in [0.29, 0.717) is 24.5 Å². The molecule has 1 saturated heterocycles. The summed E-state index contributed by atoms with van der Waals surface area (Å²) in [5.74, 6) is 0.297. The van der Waals surface area contributed by atoms with Crippen LogP contribution in [0.25, 0.3) is 6.08 Å². The molecule has 1 fully saturated rings. The van der Waals surface area contributed by atoms with Crippen LogP contribution in [0.1, 0.15) is 10.4 Å². The van der Waals surface area contributed by atoms with Crippen LogP contribution in [0.3, 0.4) is 0 Å². The number of nitriles is 1. The lowest BCUT2D eigenvalue weighted by Crippen LogP contribution is -2.55. The highest BCUT2D eigenvalue weighted by Gasteiger charge is 2.31. The molecule has 0 N–H and O–H groups in total. The topological polar surface area (TPSA) is 66.2 Å². The van der Waals surface area contributed by atoms with Crippen molar-refractivity contribution in [1.29, 1.82) is 5.26 Å². The van der Waals surface area contributed by atoms with Crippen LogP contribution in [0, 0.1) is 11.3 Å². The Morgan fingerprint density at radius 1 is 1.45 bits per heavy atom. The van der Waals surface area contributed by atoms with Gasteiger partial charge in [-0.3, -0.25) is 4.79 Å². The van der Waals surface area contributed by atoms with Crippen LogP contribution in [-0.4, -0.2) is 35.0 Å². The molecule has 6 heteroatoms. The van der Waals surface area contributed by atoms with Gasteiger partial charge in [-0.1, -0.05) is 6.07 Å². The Balaban J connectivity index is 1.52. The quantitative estimate of drug-likeness (QED) is 0.813. The van der Waals surface area contributed by atoms with E-state index in [9.17, 15) is 4.79 Å². The number of carbonyl (C=O) groups is 1. The van der Waals surface area contributed by atoms with Crippen molar-refractivity contribution in [2.75, 3.05) is 13.1 Å². The molecule has 0 bridgehead atoms. The Hall–Kier alpha value is -2.65. The Morgan fingerprint density at radius 2 is 2.32 bits per heavy atom. The summed E-state index contributed by atoms with van der Waals surface area (Å²) in [6.07, 6.45) is 4.86. The maximum absolute atomic E-state index is 12.0. The third-order valence-electron chi connectivity index (χ3n) is 3.26. The summed E-state index contributed by atoms with van der Waals surface area (Å²) in [5.41, 5.74) is 0.407. The molecule has 0 aliphatic carbocycles. The van der Waals surface area contributed by atoms with Crippen molar-refractivity contribution in [2.45, 2.75) is 6.10 Å². The van der Waals surface area contributed by atoms with E-state index in [-0.39, 0.29) is 12.0 Å². The van der Waals surface area contributed by atoms with Gasteiger partial charge in [0.1, 0.15) is 17.7 Å². The van der Waals surface area contributed by atoms with Crippen LogP contribution in [0.2, 0.25) is 0 Å². The highest BCUT2D eigenvalue weighted by molar-refractivity contribution is 7.10. The van der Waals surface area contributed by atoms with Gasteiger partial charge < -0.3 is 9.64 Å². The van der Waals surface area contributed by atoms with E-state index in [2.05, 4.69) is 4.98 Å². The first-order valence-corrected chi connectivity index (χ1v) is 7.66. The molecule has 5 nitrogen and oxygen atoms in total. The summed E-state index contributed by atoms with van der Waals surface area (Å²) in [6, 6.07) is 9.30. The van der Waals surface area contributed by atoms with E-state index in [0.717, 1.165) is 4.88 Å². The molecular weight excluding hydrogens is 298 g/mol. The fourth-order valence-corrected chi connectivity index (χ4v) is 2.68. The Labute approximate surface area is 132 Å². The summed E-state index contributed by atoms with van der Waals surface area (Å²) < 4.78 is 5.65.